The first-order valence-electron chi connectivity index (χ1n) is 4.92. The van der Waals surface area contributed by atoms with Crippen LogP contribution >= 0.6 is 22.6 Å². The van der Waals surface area contributed by atoms with E-state index in [0.29, 0.717) is 22.6 Å². The SMILES string of the molecule is CCOCc1nc(C(C)C)c(I)c(=O)[nH]1. The monoisotopic (exact) mass is 322 g/mol. The lowest BCUT2D eigenvalue weighted by atomic mass is 10.1. The van der Waals surface area contributed by atoms with Crippen molar-refractivity contribution in [2.75, 3.05) is 6.61 Å². The van der Waals surface area contributed by atoms with Gasteiger partial charge in [-0.1, -0.05) is 13.8 Å². The zero-order valence-corrected chi connectivity index (χ0v) is 11.3. The topological polar surface area (TPSA) is 55.0 Å². The summed E-state index contributed by atoms with van der Waals surface area (Å²) in [4.78, 5) is 18.7. The van der Waals surface area contributed by atoms with Gasteiger partial charge in [0.25, 0.3) is 5.56 Å². The Morgan fingerprint density at radius 3 is 2.73 bits per heavy atom. The van der Waals surface area contributed by atoms with Gasteiger partial charge in [0.15, 0.2) is 0 Å². The first-order chi connectivity index (χ1) is 7.06. The molecule has 1 aromatic heterocycles. The van der Waals surface area contributed by atoms with Crippen LogP contribution in [0.1, 0.15) is 38.2 Å². The standard InChI is InChI=1S/C10H15IN2O2/c1-4-15-5-7-12-9(6(2)3)8(11)10(14)13-7/h6H,4-5H2,1-3H3,(H,12,13,14). The van der Waals surface area contributed by atoms with Crippen LogP contribution in [0.2, 0.25) is 0 Å². The van der Waals surface area contributed by atoms with Crippen LogP contribution in [-0.4, -0.2) is 16.6 Å². The Bertz CT molecular complexity index is 387. The van der Waals surface area contributed by atoms with Gasteiger partial charge in [0, 0.05) is 6.61 Å². The van der Waals surface area contributed by atoms with E-state index in [9.17, 15) is 4.79 Å². The lowest BCUT2D eigenvalue weighted by Crippen LogP contribution is -2.19. The van der Waals surface area contributed by atoms with E-state index in [2.05, 4.69) is 9.97 Å². The fourth-order valence-corrected chi connectivity index (χ4v) is 2.05. The van der Waals surface area contributed by atoms with Crippen molar-refractivity contribution in [2.24, 2.45) is 0 Å². The molecule has 0 atom stereocenters. The summed E-state index contributed by atoms with van der Waals surface area (Å²) in [5, 5.41) is 0. The molecule has 5 heteroatoms. The summed E-state index contributed by atoms with van der Waals surface area (Å²) in [6.07, 6.45) is 0. The third-order valence-electron chi connectivity index (χ3n) is 1.93. The molecule has 0 spiro atoms. The number of ether oxygens (including phenoxy) is 1. The third kappa shape index (κ3) is 3.27. The Morgan fingerprint density at radius 2 is 2.20 bits per heavy atom. The van der Waals surface area contributed by atoms with E-state index in [4.69, 9.17) is 4.74 Å². The van der Waals surface area contributed by atoms with Gasteiger partial charge in [-0.2, -0.15) is 0 Å². The summed E-state index contributed by atoms with van der Waals surface area (Å²) in [6.45, 7) is 6.94. The number of aromatic nitrogens is 2. The van der Waals surface area contributed by atoms with Gasteiger partial charge in [0.1, 0.15) is 12.4 Å². The van der Waals surface area contributed by atoms with Crippen molar-refractivity contribution in [1.82, 2.24) is 9.97 Å². The number of hydrogen-bond donors (Lipinski definition) is 1. The van der Waals surface area contributed by atoms with E-state index >= 15 is 0 Å². The highest BCUT2D eigenvalue weighted by atomic mass is 127. The second-order valence-corrected chi connectivity index (χ2v) is 4.58. The molecule has 1 rings (SSSR count). The van der Waals surface area contributed by atoms with E-state index in [1.165, 1.54) is 0 Å². The van der Waals surface area contributed by atoms with Crippen LogP contribution in [0.25, 0.3) is 0 Å². The fourth-order valence-electron chi connectivity index (χ4n) is 1.17. The molecule has 1 N–H and O–H groups in total. The van der Waals surface area contributed by atoms with Gasteiger partial charge in [0.2, 0.25) is 0 Å². The number of nitrogens with zero attached hydrogens (tertiary/aromatic N) is 1. The maximum Gasteiger partial charge on any atom is 0.264 e. The first kappa shape index (κ1) is 12.6. The average molecular weight is 322 g/mol. The quantitative estimate of drug-likeness (QED) is 0.863. The highest BCUT2D eigenvalue weighted by Crippen LogP contribution is 2.15. The van der Waals surface area contributed by atoms with Crippen LogP contribution in [0.4, 0.5) is 0 Å². The molecule has 84 valence electrons. The Morgan fingerprint density at radius 1 is 1.53 bits per heavy atom. The molecule has 0 amide bonds. The Labute approximate surface area is 103 Å². The largest absolute Gasteiger partial charge is 0.374 e. The second kappa shape index (κ2) is 5.60. The summed E-state index contributed by atoms with van der Waals surface area (Å²) < 4.78 is 5.88. The highest BCUT2D eigenvalue weighted by Gasteiger charge is 2.11. The van der Waals surface area contributed by atoms with Crippen LogP contribution in [-0.2, 0) is 11.3 Å². The van der Waals surface area contributed by atoms with Gasteiger partial charge in [0.05, 0.1) is 9.26 Å². The normalized spacial score (nSPS) is 11.0. The Hall–Kier alpha value is -0.430. The minimum Gasteiger partial charge on any atom is -0.374 e. The first-order valence-corrected chi connectivity index (χ1v) is 6.00. The van der Waals surface area contributed by atoms with Crippen LogP contribution < -0.4 is 5.56 Å². The van der Waals surface area contributed by atoms with Crippen molar-refractivity contribution in [3.05, 3.63) is 25.4 Å². The van der Waals surface area contributed by atoms with Crippen molar-refractivity contribution in [2.45, 2.75) is 33.3 Å². The summed E-state index contributed by atoms with van der Waals surface area (Å²) in [6, 6.07) is 0. The number of aromatic amines is 1. The summed E-state index contributed by atoms with van der Waals surface area (Å²) in [5.74, 6) is 0.852. The number of rotatable bonds is 4. The molecule has 0 aliphatic heterocycles. The molecule has 0 saturated heterocycles. The number of halogens is 1. The predicted molar refractivity (Wildman–Crippen MR) is 67.0 cm³/mol. The van der Waals surface area contributed by atoms with Crippen LogP contribution in [0, 0.1) is 3.57 Å². The molecule has 0 bridgehead atoms. The van der Waals surface area contributed by atoms with Crippen LogP contribution in [0.5, 0.6) is 0 Å². The van der Waals surface area contributed by atoms with E-state index in [1.54, 1.807) is 0 Å². The van der Waals surface area contributed by atoms with Gasteiger partial charge < -0.3 is 9.72 Å². The molecule has 0 unspecified atom stereocenters. The van der Waals surface area contributed by atoms with Crippen molar-refractivity contribution in [1.29, 1.82) is 0 Å². The number of nitrogens with one attached hydrogen (secondary N) is 1. The van der Waals surface area contributed by atoms with Crippen molar-refractivity contribution in [3.8, 4) is 0 Å². The molecule has 0 radical (unpaired) electrons. The third-order valence-corrected chi connectivity index (χ3v) is 2.97. The Balaban J connectivity index is 3.06. The van der Waals surface area contributed by atoms with E-state index in [-0.39, 0.29) is 11.5 Å². The van der Waals surface area contributed by atoms with Crippen LogP contribution in [0.3, 0.4) is 0 Å². The minimum absolute atomic E-state index is 0.0796. The molecule has 0 aliphatic carbocycles. The predicted octanol–water partition coefficient (Wildman–Crippen LogP) is 2.03. The van der Waals surface area contributed by atoms with E-state index in [1.807, 2.05) is 43.4 Å². The molecule has 0 fully saturated rings. The fraction of sp³-hybridized carbons (Fsp3) is 0.600. The molecular weight excluding hydrogens is 307 g/mol. The smallest absolute Gasteiger partial charge is 0.264 e. The van der Waals surface area contributed by atoms with Crippen LogP contribution in [0.15, 0.2) is 4.79 Å². The zero-order chi connectivity index (χ0) is 11.4. The lowest BCUT2D eigenvalue weighted by Gasteiger charge is -2.09. The van der Waals surface area contributed by atoms with Gasteiger partial charge in [-0.3, -0.25) is 4.79 Å². The Kier molecular flexibility index (Phi) is 4.72. The van der Waals surface area contributed by atoms with Gasteiger partial charge >= 0.3 is 0 Å². The molecule has 0 aromatic carbocycles. The molecule has 4 nitrogen and oxygen atoms in total. The summed E-state index contributed by atoms with van der Waals surface area (Å²) >= 11 is 2.03. The zero-order valence-electron chi connectivity index (χ0n) is 9.13. The summed E-state index contributed by atoms with van der Waals surface area (Å²) in [5.41, 5.74) is 0.762. The molecule has 1 aromatic rings. The molecule has 0 saturated carbocycles. The minimum atomic E-state index is -0.0796. The molecule has 1 heterocycles. The molecular formula is C10H15IN2O2. The maximum absolute atomic E-state index is 11.6. The van der Waals surface area contributed by atoms with Crippen molar-refractivity contribution < 1.29 is 4.74 Å². The number of H-pyrrole nitrogens is 1. The number of hydrogen-bond acceptors (Lipinski definition) is 3. The van der Waals surface area contributed by atoms with E-state index < -0.39 is 0 Å². The average Bonchev–Trinajstić information content (AvgIpc) is 2.19. The molecule has 0 aliphatic rings. The van der Waals surface area contributed by atoms with Crippen molar-refractivity contribution in [3.63, 3.8) is 0 Å². The van der Waals surface area contributed by atoms with Gasteiger partial charge in [-0.25, -0.2) is 4.98 Å². The maximum atomic E-state index is 11.6. The lowest BCUT2D eigenvalue weighted by molar-refractivity contribution is 0.128. The summed E-state index contributed by atoms with van der Waals surface area (Å²) in [7, 11) is 0. The highest BCUT2D eigenvalue weighted by molar-refractivity contribution is 14.1. The molecule has 15 heavy (non-hydrogen) atoms. The second-order valence-electron chi connectivity index (χ2n) is 3.50. The van der Waals surface area contributed by atoms with E-state index in [0.717, 1.165) is 5.69 Å². The van der Waals surface area contributed by atoms with Gasteiger partial charge in [-0.15, -0.1) is 0 Å². The van der Waals surface area contributed by atoms with Crippen molar-refractivity contribution >= 4 is 22.6 Å². The van der Waals surface area contributed by atoms with Gasteiger partial charge in [-0.05, 0) is 35.4 Å².